The summed E-state index contributed by atoms with van der Waals surface area (Å²) in [6.45, 7) is 3.81. The average molecular weight is 231 g/mol. The Labute approximate surface area is 96.2 Å². The minimum absolute atomic E-state index is 0.0226. The predicted octanol–water partition coefficient (Wildman–Crippen LogP) is 0.741. The van der Waals surface area contributed by atoms with E-state index < -0.39 is 0 Å². The number of carbonyl (C=O) groups excluding carboxylic acids is 1. The third-order valence-corrected chi connectivity index (χ3v) is 3.92. The van der Waals surface area contributed by atoms with Gasteiger partial charge in [0.25, 0.3) is 0 Å². The van der Waals surface area contributed by atoms with Gasteiger partial charge in [-0.05, 0) is 12.2 Å². The SMILES string of the molecule is CC1SCCC1NCCNC(=O)N(C)C. The van der Waals surface area contributed by atoms with Gasteiger partial charge in [0.1, 0.15) is 0 Å². The Morgan fingerprint density at radius 2 is 2.20 bits per heavy atom. The molecule has 0 spiro atoms. The summed E-state index contributed by atoms with van der Waals surface area (Å²) >= 11 is 2.02. The van der Waals surface area contributed by atoms with Crippen molar-refractivity contribution in [3.05, 3.63) is 0 Å². The van der Waals surface area contributed by atoms with Crippen LogP contribution in [0.25, 0.3) is 0 Å². The molecule has 1 heterocycles. The Hall–Kier alpha value is -0.420. The van der Waals surface area contributed by atoms with E-state index in [0.29, 0.717) is 17.8 Å². The van der Waals surface area contributed by atoms with Crippen LogP contribution in [-0.4, -0.2) is 55.2 Å². The van der Waals surface area contributed by atoms with E-state index in [1.807, 2.05) is 11.8 Å². The number of nitrogens with zero attached hydrogens (tertiary/aromatic N) is 1. The Bertz CT molecular complexity index is 211. The summed E-state index contributed by atoms with van der Waals surface area (Å²) in [6, 6.07) is 0.594. The third-order valence-electron chi connectivity index (χ3n) is 2.59. The molecule has 15 heavy (non-hydrogen) atoms. The number of carbonyl (C=O) groups is 1. The first-order valence-electron chi connectivity index (χ1n) is 5.41. The molecule has 2 unspecified atom stereocenters. The van der Waals surface area contributed by atoms with Crippen LogP contribution in [0.3, 0.4) is 0 Å². The fourth-order valence-corrected chi connectivity index (χ4v) is 2.81. The summed E-state index contributed by atoms with van der Waals surface area (Å²) < 4.78 is 0. The van der Waals surface area contributed by atoms with Gasteiger partial charge in [0, 0.05) is 38.5 Å². The zero-order valence-corrected chi connectivity index (χ0v) is 10.6. The highest BCUT2D eigenvalue weighted by molar-refractivity contribution is 8.00. The standard InChI is InChI=1S/C10H21N3OS/c1-8-9(4-7-15-8)11-5-6-12-10(14)13(2)3/h8-9,11H,4-7H2,1-3H3,(H,12,14). The lowest BCUT2D eigenvalue weighted by molar-refractivity contribution is 0.217. The van der Waals surface area contributed by atoms with Crippen molar-refractivity contribution in [2.45, 2.75) is 24.6 Å². The van der Waals surface area contributed by atoms with Crippen LogP contribution in [-0.2, 0) is 0 Å². The Morgan fingerprint density at radius 1 is 1.47 bits per heavy atom. The maximum atomic E-state index is 11.2. The molecular formula is C10H21N3OS. The summed E-state index contributed by atoms with van der Waals surface area (Å²) in [4.78, 5) is 12.7. The van der Waals surface area contributed by atoms with Crippen LogP contribution in [0.2, 0.25) is 0 Å². The van der Waals surface area contributed by atoms with Crippen molar-refractivity contribution in [1.29, 1.82) is 0 Å². The van der Waals surface area contributed by atoms with Gasteiger partial charge >= 0.3 is 6.03 Å². The number of thioether (sulfide) groups is 1. The quantitative estimate of drug-likeness (QED) is 0.702. The van der Waals surface area contributed by atoms with Crippen molar-refractivity contribution >= 4 is 17.8 Å². The number of amides is 2. The maximum Gasteiger partial charge on any atom is 0.316 e. The van der Waals surface area contributed by atoms with E-state index in [4.69, 9.17) is 0 Å². The normalized spacial score (nSPS) is 25.3. The van der Waals surface area contributed by atoms with Crippen LogP contribution in [0.1, 0.15) is 13.3 Å². The molecule has 0 saturated carbocycles. The van der Waals surface area contributed by atoms with E-state index in [2.05, 4.69) is 17.6 Å². The lowest BCUT2D eigenvalue weighted by atomic mass is 10.2. The molecule has 1 aliphatic rings. The number of rotatable bonds is 4. The molecule has 1 rings (SSSR count). The van der Waals surface area contributed by atoms with Crippen LogP contribution in [0.5, 0.6) is 0 Å². The van der Waals surface area contributed by atoms with Crippen LogP contribution in [0.15, 0.2) is 0 Å². The first-order valence-corrected chi connectivity index (χ1v) is 6.46. The van der Waals surface area contributed by atoms with Gasteiger partial charge in [-0.3, -0.25) is 0 Å². The molecule has 4 nitrogen and oxygen atoms in total. The van der Waals surface area contributed by atoms with E-state index >= 15 is 0 Å². The largest absolute Gasteiger partial charge is 0.337 e. The second-order valence-electron chi connectivity index (χ2n) is 4.05. The first kappa shape index (κ1) is 12.6. The summed E-state index contributed by atoms with van der Waals surface area (Å²) in [7, 11) is 3.50. The Morgan fingerprint density at radius 3 is 2.73 bits per heavy atom. The molecule has 0 bridgehead atoms. The predicted molar refractivity (Wildman–Crippen MR) is 65.4 cm³/mol. The van der Waals surface area contributed by atoms with Gasteiger partial charge in [0.05, 0.1) is 0 Å². The summed E-state index contributed by atoms with van der Waals surface area (Å²) in [5.74, 6) is 1.25. The van der Waals surface area contributed by atoms with Crippen molar-refractivity contribution in [2.75, 3.05) is 32.9 Å². The fraction of sp³-hybridized carbons (Fsp3) is 0.900. The topological polar surface area (TPSA) is 44.4 Å². The van der Waals surface area contributed by atoms with Crippen molar-refractivity contribution in [3.8, 4) is 0 Å². The van der Waals surface area contributed by atoms with E-state index in [0.717, 1.165) is 6.54 Å². The van der Waals surface area contributed by atoms with Gasteiger partial charge in [-0.15, -0.1) is 0 Å². The second-order valence-corrected chi connectivity index (χ2v) is 5.54. The molecule has 1 aliphatic heterocycles. The Kier molecular flexibility index (Phi) is 5.25. The number of nitrogens with one attached hydrogen (secondary N) is 2. The molecular weight excluding hydrogens is 210 g/mol. The lowest BCUT2D eigenvalue weighted by Gasteiger charge is -2.17. The molecule has 0 aliphatic carbocycles. The van der Waals surface area contributed by atoms with Crippen LogP contribution in [0.4, 0.5) is 4.79 Å². The zero-order valence-electron chi connectivity index (χ0n) is 9.75. The molecule has 1 saturated heterocycles. The molecule has 0 radical (unpaired) electrons. The van der Waals surface area contributed by atoms with Crippen LogP contribution >= 0.6 is 11.8 Å². The van der Waals surface area contributed by atoms with Crippen LogP contribution in [0, 0.1) is 0 Å². The van der Waals surface area contributed by atoms with Crippen LogP contribution < -0.4 is 10.6 Å². The van der Waals surface area contributed by atoms with Gasteiger partial charge in [-0.25, -0.2) is 4.79 Å². The summed E-state index contributed by atoms with van der Waals surface area (Å²) in [5, 5.41) is 7.01. The number of urea groups is 1. The maximum absolute atomic E-state index is 11.2. The number of hydrogen-bond acceptors (Lipinski definition) is 3. The van der Waals surface area contributed by atoms with Gasteiger partial charge in [0.15, 0.2) is 0 Å². The minimum atomic E-state index is -0.0226. The van der Waals surface area contributed by atoms with Crippen molar-refractivity contribution in [2.24, 2.45) is 0 Å². The average Bonchev–Trinajstić information content (AvgIpc) is 2.58. The molecule has 1 fully saturated rings. The van der Waals surface area contributed by atoms with Gasteiger partial charge in [-0.2, -0.15) is 11.8 Å². The number of hydrogen-bond donors (Lipinski definition) is 2. The molecule has 88 valence electrons. The van der Waals surface area contributed by atoms with E-state index in [1.54, 1.807) is 19.0 Å². The molecule has 5 heteroatoms. The van der Waals surface area contributed by atoms with E-state index in [9.17, 15) is 4.79 Å². The molecule has 2 atom stereocenters. The molecule has 0 aromatic heterocycles. The Balaban J connectivity index is 2.04. The highest BCUT2D eigenvalue weighted by Gasteiger charge is 2.22. The smallest absolute Gasteiger partial charge is 0.316 e. The van der Waals surface area contributed by atoms with Crippen molar-refractivity contribution in [3.63, 3.8) is 0 Å². The molecule has 0 aromatic carbocycles. The van der Waals surface area contributed by atoms with Gasteiger partial charge in [-0.1, -0.05) is 6.92 Å². The fourth-order valence-electron chi connectivity index (χ4n) is 1.58. The third kappa shape index (κ3) is 4.30. The lowest BCUT2D eigenvalue weighted by Crippen LogP contribution is -2.42. The monoisotopic (exact) mass is 231 g/mol. The molecule has 0 aromatic rings. The van der Waals surface area contributed by atoms with Crippen molar-refractivity contribution in [1.82, 2.24) is 15.5 Å². The van der Waals surface area contributed by atoms with Crippen molar-refractivity contribution < 1.29 is 4.79 Å². The molecule has 2 N–H and O–H groups in total. The highest BCUT2D eigenvalue weighted by atomic mass is 32.2. The van der Waals surface area contributed by atoms with E-state index in [1.165, 1.54) is 12.2 Å². The molecule has 2 amide bonds. The minimum Gasteiger partial charge on any atom is -0.337 e. The van der Waals surface area contributed by atoms with Gasteiger partial charge < -0.3 is 15.5 Å². The summed E-state index contributed by atoms with van der Waals surface area (Å²) in [5.41, 5.74) is 0. The first-order chi connectivity index (χ1) is 7.11. The van der Waals surface area contributed by atoms with E-state index in [-0.39, 0.29) is 6.03 Å². The highest BCUT2D eigenvalue weighted by Crippen LogP contribution is 2.25. The zero-order chi connectivity index (χ0) is 11.3. The van der Waals surface area contributed by atoms with Gasteiger partial charge in [0.2, 0.25) is 0 Å². The second kappa shape index (κ2) is 6.23. The summed E-state index contributed by atoms with van der Waals surface area (Å²) in [6.07, 6.45) is 1.24.